The molecule has 9 nitrogen and oxygen atoms in total. The third-order valence-corrected chi connectivity index (χ3v) is 10.9. The smallest absolute Gasteiger partial charge is 0.262 e. The maximum Gasteiger partial charge on any atom is 0.262 e. The van der Waals surface area contributed by atoms with Gasteiger partial charge in [0.15, 0.2) is 0 Å². The molecule has 1 aromatic heterocycles. The van der Waals surface area contributed by atoms with Crippen LogP contribution in [0, 0.1) is 5.92 Å². The van der Waals surface area contributed by atoms with E-state index < -0.39 is 22.6 Å². The quantitative estimate of drug-likeness (QED) is 0.366. The highest BCUT2D eigenvalue weighted by Crippen LogP contribution is 2.33. The topological polar surface area (TPSA) is 116 Å². The third-order valence-electron chi connectivity index (χ3n) is 7.42. The zero-order valence-corrected chi connectivity index (χ0v) is 25.6. The number of nitrogens with one attached hydrogen (secondary N) is 2. The molecule has 5 rings (SSSR count). The number of likely N-dealkylation sites (tertiary alicyclic amines) is 2. The molecule has 2 fully saturated rings. The number of halogens is 2. The Bertz CT molecular complexity index is 1580. The lowest BCUT2D eigenvalue weighted by Crippen LogP contribution is -2.57. The number of benzene rings is 2. The molecule has 2 saturated heterocycles. The van der Waals surface area contributed by atoms with E-state index in [-0.39, 0.29) is 50.7 Å². The summed E-state index contributed by atoms with van der Waals surface area (Å²) in [5, 5.41) is 3.92. The van der Waals surface area contributed by atoms with Crippen LogP contribution < -0.4 is 10.0 Å². The lowest BCUT2D eigenvalue weighted by molar-refractivity contribution is -0.140. The van der Waals surface area contributed by atoms with Gasteiger partial charge < -0.3 is 15.1 Å². The summed E-state index contributed by atoms with van der Waals surface area (Å²) < 4.78 is 28.8. The van der Waals surface area contributed by atoms with Gasteiger partial charge in [0.2, 0.25) is 21.8 Å². The Labute approximate surface area is 252 Å². The van der Waals surface area contributed by atoms with Crippen molar-refractivity contribution in [2.24, 2.45) is 5.92 Å². The molecule has 3 aromatic rings. The number of hydrogen-bond acceptors (Lipinski definition) is 6. The fourth-order valence-electron chi connectivity index (χ4n) is 5.49. The zero-order valence-electron chi connectivity index (χ0n) is 22.5. The SMILES string of the molecule is CC(C)CC(NC(=O)c1cc2ccccc2s1)C(=O)N1C[C@@H]2C[C@H]1CN2C(=O)CNS(=O)(=O)c1cccc(Cl)c1Cl. The van der Waals surface area contributed by atoms with E-state index in [1.165, 1.54) is 29.5 Å². The molecule has 2 aromatic carbocycles. The number of fused-ring (bicyclic) bond motifs is 3. The summed E-state index contributed by atoms with van der Waals surface area (Å²) in [6, 6.07) is 12.7. The van der Waals surface area contributed by atoms with Crippen LogP contribution in [-0.2, 0) is 19.6 Å². The molecule has 2 N–H and O–H groups in total. The number of piperazine rings is 1. The minimum atomic E-state index is -4.06. The second-order valence-electron chi connectivity index (χ2n) is 10.8. The van der Waals surface area contributed by atoms with Gasteiger partial charge >= 0.3 is 0 Å². The average molecular weight is 638 g/mol. The highest BCUT2D eigenvalue weighted by Gasteiger charge is 2.48. The molecule has 1 unspecified atom stereocenters. The zero-order chi connectivity index (χ0) is 29.5. The molecule has 41 heavy (non-hydrogen) atoms. The summed E-state index contributed by atoms with van der Waals surface area (Å²) >= 11 is 13.4. The third kappa shape index (κ3) is 6.24. The Morgan fingerprint density at radius 3 is 2.41 bits per heavy atom. The van der Waals surface area contributed by atoms with Crippen molar-refractivity contribution in [2.75, 3.05) is 19.6 Å². The molecule has 2 aliphatic rings. The highest BCUT2D eigenvalue weighted by molar-refractivity contribution is 7.89. The second-order valence-corrected chi connectivity index (χ2v) is 14.4. The maximum absolute atomic E-state index is 13.7. The van der Waals surface area contributed by atoms with Gasteiger partial charge in [-0.3, -0.25) is 14.4 Å². The molecule has 3 atom stereocenters. The van der Waals surface area contributed by atoms with Crippen LogP contribution in [0.15, 0.2) is 53.4 Å². The molecule has 3 amide bonds. The first-order chi connectivity index (χ1) is 19.4. The Balaban J connectivity index is 1.21. The number of nitrogens with zero attached hydrogens (tertiary/aromatic N) is 2. The first-order valence-electron chi connectivity index (χ1n) is 13.3. The van der Waals surface area contributed by atoms with Crippen LogP contribution in [0.1, 0.15) is 36.4 Å². The van der Waals surface area contributed by atoms with E-state index in [0.717, 1.165) is 10.1 Å². The maximum atomic E-state index is 13.7. The van der Waals surface area contributed by atoms with Crippen LogP contribution in [0.2, 0.25) is 10.0 Å². The number of sulfonamides is 1. The molecule has 3 heterocycles. The van der Waals surface area contributed by atoms with Gasteiger partial charge in [0.1, 0.15) is 10.9 Å². The van der Waals surface area contributed by atoms with Crippen LogP contribution in [0.25, 0.3) is 10.1 Å². The normalized spacial score (nSPS) is 19.2. The van der Waals surface area contributed by atoms with Crippen LogP contribution >= 0.6 is 34.5 Å². The van der Waals surface area contributed by atoms with E-state index in [9.17, 15) is 22.8 Å². The number of rotatable bonds is 9. The summed E-state index contributed by atoms with van der Waals surface area (Å²) in [7, 11) is -4.06. The van der Waals surface area contributed by atoms with Gasteiger partial charge in [-0.15, -0.1) is 11.3 Å². The number of carbonyl (C=O) groups excluding carboxylic acids is 3. The number of amides is 3. The minimum Gasteiger partial charge on any atom is -0.340 e. The van der Waals surface area contributed by atoms with Crippen LogP contribution in [0.4, 0.5) is 0 Å². The van der Waals surface area contributed by atoms with E-state index in [1.807, 2.05) is 44.2 Å². The molecule has 2 bridgehead atoms. The van der Waals surface area contributed by atoms with Gasteiger partial charge in [0, 0.05) is 17.8 Å². The van der Waals surface area contributed by atoms with Gasteiger partial charge in [0.05, 0.1) is 33.6 Å². The van der Waals surface area contributed by atoms with Gasteiger partial charge in [-0.2, -0.15) is 0 Å². The van der Waals surface area contributed by atoms with Gasteiger partial charge in [-0.1, -0.05) is 61.3 Å². The largest absolute Gasteiger partial charge is 0.340 e. The van der Waals surface area contributed by atoms with Crippen molar-refractivity contribution in [3.63, 3.8) is 0 Å². The van der Waals surface area contributed by atoms with Gasteiger partial charge in [0.25, 0.3) is 5.91 Å². The first-order valence-corrected chi connectivity index (χ1v) is 16.3. The van der Waals surface area contributed by atoms with Crippen molar-refractivity contribution < 1.29 is 22.8 Å². The predicted octanol–water partition coefficient (Wildman–Crippen LogP) is 4.14. The fraction of sp³-hybridized carbons (Fsp3) is 0.393. The van der Waals surface area contributed by atoms with E-state index in [1.54, 1.807) is 9.80 Å². The summed E-state index contributed by atoms with van der Waals surface area (Å²) in [6.07, 6.45) is 1.09. The average Bonchev–Trinajstić information content (AvgIpc) is 3.66. The number of hydrogen-bond donors (Lipinski definition) is 2. The Morgan fingerprint density at radius 2 is 1.73 bits per heavy atom. The van der Waals surface area contributed by atoms with Gasteiger partial charge in [-0.25, -0.2) is 13.1 Å². The molecule has 2 aliphatic heterocycles. The number of thiophene rings is 1. The molecule has 0 spiro atoms. The summed E-state index contributed by atoms with van der Waals surface area (Å²) in [6.45, 7) is 4.19. The molecule has 13 heteroatoms. The monoisotopic (exact) mass is 636 g/mol. The highest BCUT2D eigenvalue weighted by atomic mass is 35.5. The van der Waals surface area contributed by atoms with Crippen molar-refractivity contribution in [1.29, 1.82) is 0 Å². The summed E-state index contributed by atoms with van der Waals surface area (Å²) in [5.74, 6) is -0.656. The molecule has 218 valence electrons. The van der Waals surface area contributed by atoms with Crippen molar-refractivity contribution in [3.05, 3.63) is 63.5 Å². The van der Waals surface area contributed by atoms with Crippen molar-refractivity contribution in [3.8, 4) is 0 Å². The Morgan fingerprint density at radius 1 is 1.02 bits per heavy atom. The second kappa shape index (κ2) is 11.9. The van der Waals surface area contributed by atoms with Crippen LogP contribution in [-0.4, -0.2) is 73.7 Å². The standard InChI is InChI=1S/C28H30Cl2N4O5S2/c1-16(2)10-21(32-27(36)23-11-17-6-3-4-8-22(17)40-23)28(37)34-15-18-12-19(34)14-33(18)25(35)13-31-41(38,39)24-9-5-7-20(29)26(24)30/h3-9,11,16,18-19,21,31H,10,12-15H2,1-2H3,(H,32,36)/t18-,19-,21?/m0/s1. The number of carbonyl (C=O) groups is 3. The van der Waals surface area contributed by atoms with Crippen molar-refractivity contribution in [2.45, 2.75) is 49.7 Å². The molecular formula is C28H30Cl2N4O5S2. The van der Waals surface area contributed by atoms with Gasteiger partial charge in [-0.05, 0) is 48.4 Å². The molecule has 0 saturated carbocycles. The Kier molecular flexibility index (Phi) is 8.63. The van der Waals surface area contributed by atoms with E-state index in [4.69, 9.17) is 23.2 Å². The minimum absolute atomic E-state index is 0.0956. The lowest BCUT2D eigenvalue weighted by Gasteiger charge is -2.36. The summed E-state index contributed by atoms with van der Waals surface area (Å²) in [5.41, 5.74) is 0. The summed E-state index contributed by atoms with van der Waals surface area (Å²) in [4.78, 5) is 43.5. The van der Waals surface area contributed by atoms with E-state index in [0.29, 0.717) is 30.8 Å². The Hall–Kier alpha value is -2.70. The first kappa shape index (κ1) is 29.8. The molecule has 0 aliphatic carbocycles. The predicted molar refractivity (Wildman–Crippen MR) is 160 cm³/mol. The lowest BCUT2D eigenvalue weighted by atomic mass is 10.0. The van der Waals surface area contributed by atoms with Crippen molar-refractivity contribution >= 4 is 72.4 Å². The van der Waals surface area contributed by atoms with E-state index in [2.05, 4.69) is 10.0 Å². The fourth-order valence-corrected chi connectivity index (χ4v) is 8.19. The molecule has 0 radical (unpaired) electrons. The van der Waals surface area contributed by atoms with E-state index >= 15 is 0 Å². The molecular weight excluding hydrogens is 607 g/mol. The van der Waals surface area contributed by atoms with Crippen LogP contribution in [0.3, 0.4) is 0 Å². The van der Waals surface area contributed by atoms with Crippen molar-refractivity contribution in [1.82, 2.24) is 19.8 Å². The van der Waals surface area contributed by atoms with Crippen LogP contribution in [0.5, 0.6) is 0 Å².